The molecule has 0 radical (unpaired) electrons. The molecule has 1 aliphatic carbocycles. The third kappa shape index (κ3) is 5.94. The summed E-state index contributed by atoms with van der Waals surface area (Å²) in [5.74, 6) is -1.86. The molecular formula is C11H14O5S. The first-order valence-electron chi connectivity index (χ1n) is 4.79. The van der Waals surface area contributed by atoms with Crippen LogP contribution in [0.2, 0.25) is 0 Å². The number of carboxylic acids is 2. The molecule has 0 aromatic carbocycles. The van der Waals surface area contributed by atoms with Gasteiger partial charge in [-0.2, -0.15) is 0 Å². The number of allylic oxidation sites excluding steroid dienone is 3. The fourth-order valence-electron chi connectivity index (χ4n) is 0.834. The Morgan fingerprint density at radius 1 is 1.47 bits per heavy atom. The molecule has 0 saturated carbocycles. The molecule has 0 heterocycles. The molecular weight excluding hydrogens is 244 g/mol. The maximum absolute atomic E-state index is 10.4. The lowest BCUT2D eigenvalue weighted by Gasteiger charge is -2.03. The topological polar surface area (TPSA) is 83.8 Å². The molecule has 6 heteroatoms. The summed E-state index contributed by atoms with van der Waals surface area (Å²) in [7, 11) is 1.36. The van der Waals surface area contributed by atoms with Gasteiger partial charge in [0.15, 0.2) is 6.10 Å². The summed E-state index contributed by atoms with van der Waals surface area (Å²) in [6, 6.07) is 0. The number of ether oxygens (including phenoxy) is 1. The van der Waals surface area contributed by atoms with Gasteiger partial charge in [-0.3, -0.25) is 0 Å². The van der Waals surface area contributed by atoms with Gasteiger partial charge in [0, 0.05) is 18.4 Å². The molecule has 1 atom stereocenters. The van der Waals surface area contributed by atoms with E-state index in [9.17, 15) is 9.59 Å². The Hall–Kier alpha value is -1.53. The van der Waals surface area contributed by atoms with Crippen molar-refractivity contribution in [3.05, 3.63) is 23.8 Å². The Balaban J connectivity index is 0.000000325. The lowest BCUT2D eigenvalue weighted by atomic mass is 10.1. The van der Waals surface area contributed by atoms with Crippen LogP contribution in [0.15, 0.2) is 23.8 Å². The molecule has 0 saturated heterocycles. The monoisotopic (exact) mass is 258 g/mol. The number of hydrogen-bond acceptors (Lipinski definition) is 4. The van der Waals surface area contributed by atoms with Gasteiger partial charge in [0.25, 0.3) is 0 Å². The number of hydrogen-bond donors (Lipinski definition) is 2. The summed E-state index contributed by atoms with van der Waals surface area (Å²) < 4.78 is 4.41. The smallest absolute Gasteiger partial charge is 0.336 e. The van der Waals surface area contributed by atoms with Crippen LogP contribution in [0.25, 0.3) is 0 Å². The average Bonchev–Trinajstić information content (AvgIpc) is 2.28. The van der Waals surface area contributed by atoms with Crippen molar-refractivity contribution in [2.24, 2.45) is 0 Å². The number of rotatable bonds is 3. The minimum atomic E-state index is -0.936. The predicted molar refractivity (Wildman–Crippen MR) is 66.2 cm³/mol. The molecule has 17 heavy (non-hydrogen) atoms. The molecule has 0 amide bonds. The zero-order valence-electron chi connectivity index (χ0n) is 9.54. The van der Waals surface area contributed by atoms with Crippen LogP contribution < -0.4 is 0 Å². The first-order valence-corrected chi connectivity index (χ1v) is 5.19. The van der Waals surface area contributed by atoms with Crippen LogP contribution in [-0.4, -0.2) is 40.2 Å². The molecule has 0 fully saturated rings. The second-order valence-electron chi connectivity index (χ2n) is 3.16. The Kier molecular flexibility index (Phi) is 7.00. The van der Waals surface area contributed by atoms with Crippen molar-refractivity contribution in [2.45, 2.75) is 19.4 Å². The van der Waals surface area contributed by atoms with E-state index in [1.165, 1.54) is 20.1 Å². The van der Waals surface area contributed by atoms with E-state index >= 15 is 0 Å². The first-order chi connectivity index (χ1) is 7.90. The summed E-state index contributed by atoms with van der Waals surface area (Å²) in [6.45, 7) is 1.47. The zero-order valence-corrected chi connectivity index (χ0v) is 10.4. The molecule has 94 valence electrons. The highest BCUT2D eigenvalue weighted by Crippen LogP contribution is 2.09. The van der Waals surface area contributed by atoms with Crippen molar-refractivity contribution in [2.75, 3.05) is 7.11 Å². The van der Waals surface area contributed by atoms with E-state index in [1.54, 1.807) is 6.08 Å². The van der Waals surface area contributed by atoms with Crippen molar-refractivity contribution in [3.63, 3.8) is 0 Å². The third-order valence-electron chi connectivity index (χ3n) is 1.93. The maximum atomic E-state index is 10.4. The van der Waals surface area contributed by atoms with Gasteiger partial charge < -0.3 is 14.9 Å². The lowest BCUT2D eigenvalue weighted by molar-refractivity contribution is -0.147. The van der Waals surface area contributed by atoms with Crippen LogP contribution >= 0.6 is 12.2 Å². The number of methoxy groups -OCH3 is 1. The highest BCUT2D eigenvalue weighted by molar-refractivity contribution is 7.81. The normalized spacial score (nSPS) is 15.4. The zero-order chi connectivity index (χ0) is 13.4. The van der Waals surface area contributed by atoms with Crippen LogP contribution in [0.4, 0.5) is 0 Å². The van der Waals surface area contributed by atoms with E-state index in [0.717, 1.165) is 0 Å². The van der Waals surface area contributed by atoms with Crippen molar-refractivity contribution in [1.29, 1.82) is 0 Å². The number of carboxylic acid groups (broad SMARTS) is 2. The Morgan fingerprint density at radius 3 is 2.29 bits per heavy atom. The van der Waals surface area contributed by atoms with Gasteiger partial charge >= 0.3 is 11.9 Å². The molecule has 0 aliphatic heterocycles. The van der Waals surface area contributed by atoms with Crippen molar-refractivity contribution in [1.82, 2.24) is 0 Å². The van der Waals surface area contributed by atoms with E-state index in [-0.39, 0.29) is 5.57 Å². The summed E-state index contributed by atoms with van der Waals surface area (Å²) >= 11 is 4.80. The molecule has 5 nitrogen and oxygen atoms in total. The van der Waals surface area contributed by atoms with Gasteiger partial charge in [-0.05, 0) is 13.0 Å². The van der Waals surface area contributed by atoms with Crippen LogP contribution in [0.5, 0.6) is 0 Å². The SMILES string of the molecule is COC(C)C(=O)O.O=C(O)C1=CC=CCC1=S. The third-order valence-corrected chi connectivity index (χ3v) is 2.32. The number of aliphatic carboxylic acids is 2. The summed E-state index contributed by atoms with van der Waals surface area (Å²) in [5, 5.41) is 16.6. The fourth-order valence-corrected chi connectivity index (χ4v) is 1.09. The highest BCUT2D eigenvalue weighted by Gasteiger charge is 2.12. The van der Waals surface area contributed by atoms with Gasteiger partial charge in [0.05, 0.1) is 5.57 Å². The van der Waals surface area contributed by atoms with Crippen LogP contribution in [0, 0.1) is 0 Å². The van der Waals surface area contributed by atoms with E-state index in [0.29, 0.717) is 11.3 Å². The molecule has 1 unspecified atom stereocenters. The second kappa shape index (κ2) is 7.70. The molecule has 2 N–H and O–H groups in total. The Bertz CT molecular complexity index is 370. The van der Waals surface area contributed by atoms with Gasteiger partial charge in [0.1, 0.15) is 0 Å². The standard InChI is InChI=1S/C7H6O2S.C4H8O3/c8-7(9)5-3-1-2-4-6(5)10;1-3(7-2)4(5)6/h1-3H,4H2,(H,8,9);3H,1-2H3,(H,5,6). The molecule has 0 aromatic heterocycles. The van der Waals surface area contributed by atoms with Gasteiger partial charge in [-0.15, -0.1) is 0 Å². The minimum absolute atomic E-state index is 0.248. The molecule has 1 aliphatic rings. The average molecular weight is 258 g/mol. The van der Waals surface area contributed by atoms with Crippen LogP contribution in [-0.2, 0) is 14.3 Å². The number of carbonyl (C=O) groups is 2. The molecule has 1 rings (SSSR count). The Morgan fingerprint density at radius 2 is 2.06 bits per heavy atom. The van der Waals surface area contributed by atoms with Crippen LogP contribution in [0.1, 0.15) is 13.3 Å². The summed E-state index contributed by atoms with van der Waals surface area (Å²) in [6.07, 6.45) is 4.97. The van der Waals surface area contributed by atoms with Crippen molar-refractivity contribution >= 4 is 29.0 Å². The molecule has 0 aromatic rings. The second-order valence-corrected chi connectivity index (χ2v) is 3.65. The minimum Gasteiger partial charge on any atom is -0.479 e. The molecule has 0 spiro atoms. The molecule has 0 bridgehead atoms. The van der Waals surface area contributed by atoms with Crippen LogP contribution in [0.3, 0.4) is 0 Å². The van der Waals surface area contributed by atoms with E-state index in [1.807, 2.05) is 6.08 Å². The van der Waals surface area contributed by atoms with Gasteiger partial charge in [0.2, 0.25) is 0 Å². The largest absolute Gasteiger partial charge is 0.479 e. The first kappa shape index (κ1) is 15.5. The predicted octanol–water partition coefficient (Wildman–Crippen LogP) is 1.43. The lowest BCUT2D eigenvalue weighted by Crippen LogP contribution is -2.17. The van der Waals surface area contributed by atoms with Crippen molar-refractivity contribution in [3.8, 4) is 0 Å². The summed E-state index contributed by atoms with van der Waals surface area (Å²) in [4.78, 5) is 20.7. The Labute approximate surface area is 104 Å². The highest BCUT2D eigenvalue weighted by atomic mass is 32.1. The van der Waals surface area contributed by atoms with Gasteiger partial charge in [-0.25, -0.2) is 9.59 Å². The van der Waals surface area contributed by atoms with Gasteiger partial charge in [-0.1, -0.05) is 24.4 Å². The van der Waals surface area contributed by atoms with E-state index < -0.39 is 18.0 Å². The van der Waals surface area contributed by atoms with E-state index in [2.05, 4.69) is 4.74 Å². The number of thiocarbonyl (C=S) groups is 1. The van der Waals surface area contributed by atoms with E-state index in [4.69, 9.17) is 22.4 Å². The fraction of sp³-hybridized carbons (Fsp3) is 0.364. The summed E-state index contributed by atoms with van der Waals surface area (Å²) in [5.41, 5.74) is 0.248. The quantitative estimate of drug-likeness (QED) is 0.745. The van der Waals surface area contributed by atoms with Crippen molar-refractivity contribution < 1.29 is 24.5 Å². The maximum Gasteiger partial charge on any atom is 0.336 e.